The highest BCUT2D eigenvalue weighted by Gasteiger charge is 2.12. The Labute approximate surface area is 125 Å². The molecule has 0 amide bonds. The second-order valence-corrected chi connectivity index (χ2v) is 4.11. The number of rotatable bonds is 5. The summed E-state index contributed by atoms with van der Waals surface area (Å²) in [7, 11) is 0. The molecule has 4 N–H and O–H groups in total. The van der Waals surface area contributed by atoms with Crippen molar-refractivity contribution in [3.63, 3.8) is 0 Å². The monoisotopic (exact) mass is 285 g/mol. The van der Waals surface area contributed by atoms with Gasteiger partial charge in [-0.2, -0.15) is 0 Å². The smallest absolute Gasteiger partial charge is 0.0915 e. The SMILES string of the molecule is [2H]C([2H])([2H])C([2H])(C([2H])([2H])[2H])C([2H])([2H])NCC(O)c1cc(Cl)c(N)c(Cl)c1. The van der Waals surface area contributed by atoms with Gasteiger partial charge in [0.2, 0.25) is 0 Å². The van der Waals surface area contributed by atoms with Gasteiger partial charge in [0.25, 0.3) is 0 Å². The highest BCUT2D eigenvalue weighted by molar-refractivity contribution is 6.38. The molecule has 0 aliphatic heterocycles. The number of aliphatic hydroxyl groups excluding tert-OH is 1. The lowest BCUT2D eigenvalue weighted by Gasteiger charge is -2.15. The summed E-state index contributed by atoms with van der Waals surface area (Å²) in [6, 6.07) is 2.57. The average Bonchev–Trinajstić information content (AvgIpc) is 2.46. The van der Waals surface area contributed by atoms with E-state index in [9.17, 15) is 5.11 Å². The number of nitrogen functional groups attached to an aromatic ring is 1. The summed E-state index contributed by atoms with van der Waals surface area (Å²) < 4.78 is 67.5. The van der Waals surface area contributed by atoms with Crippen LogP contribution in [-0.4, -0.2) is 18.1 Å². The topological polar surface area (TPSA) is 58.3 Å². The molecule has 0 fully saturated rings. The Bertz CT molecular complexity index is 626. The summed E-state index contributed by atoms with van der Waals surface area (Å²) in [4.78, 5) is 0. The molecule has 1 aromatic carbocycles. The number of halogens is 2. The van der Waals surface area contributed by atoms with Gasteiger partial charge in [-0.15, -0.1) is 0 Å². The summed E-state index contributed by atoms with van der Waals surface area (Å²) in [6.07, 6.45) is -1.42. The Morgan fingerprint density at radius 1 is 1.53 bits per heavy atom. The van der Waals surface area contributed by atoms with Crippen LogP contribution in [0.25, 0.3) is 0 Å². The zero-order valence-corrected chi connectivity index (χ0v) is 10.2. The second-order valence-electron chi connectivity index (χ2n) is 3.29. The van der Waals surface area contributed by atoms with Gasteiger partial charge in [-0.05, 0) is 30.1 Å². The lowest BCUT2D eigenvalue weighted by atomic mass is 10.1. The molecule has 3 nitrogen and oxygen atoms in total. The number of aliphatic hydroxyl groups is 1. The van der Waals surface area contributed by atoms with Crippen molar-refractivity contribution in [2.45, 2.75) is 19.8 Å². The van der Waals surface area contributed by atoms with Crippen LogP contribution in [0.15, 0.2) is 12.1 Å². The number of nitrogens with two attached hydrogens (primary N) is 1. The molecule has 1 atom stereocenters. The molecular weight excluding hydrogens is 259 g/mol. The molecule has 1 aromatic rings. The number of nitrogens with one attached hydrogen (secondary N) is 1. The van der Waals surface area contributed by atoms with Gasteiger partial charge in [0.15, 0.2) is 0 Å². The third kappa shape index (κ3) is 4.36. The van der Waals surface area contributed by atoms with Crippen LogP contribution < -0.4 is 11.1 Å². The van der Waals surface area contributed by atoms with Gasteiger partial charge >= 0.3 is 0 Å². The highest BCUT2D eigenvalue weighted by Crippen LogP contribution is 2.31. The fourth-order valence-corrected chi connectivity index (χ4v) is 1.65. The minimum atomic E-state index is -3.47. The second kappa shape index (κ2) is 6.45. The molecular formula is C12H18Cl2N2O. The van der Waals surface area contributed by atoms with Crippen molar-refractivity contribution in [2.24, 2.45) is 5.89 Å². The summed E-state index contributed by atoms with van der Waals surface area (Å²) in [5, 5.41) is 12.3. The molecule has 0 saturated carbocycles. The van der Waals surface area contributed by atoms with Gasteiger partial charge in [0, 0.05) is 18.9 Å². The number of anilines is 1. The molecule has 5 heteroatoms. The molecule has 0 saturated heterocycles. The lowest BCUT2D eigenvalue weighted by molar-refractivity contribution is 0.173. The van der Waals surface area contributed by atoms with Gasteiger partial charge in [-0.25, -0.2) is 0 Å². The average molecular weight is 286 g/mol. The van der Waals surface area contributed by atoms with E-state index < -0.39 is 38.7 Å². The van der Waals surface area contributed by atoms with Crippen LogP contribution in [0.2, 0.25) is 10.0 Å². The first kappa shape index (κ1) is 6.11. The minimum Gasteiger partial charge on any atom is -0.396 e. The number of hydrogen-bond acceptors (Lipinski definition) is 3. The van der Waals surface area contributed by atoms with Crippen molar-refractivity contribution in [3.8, 4) is 0 Å². The Kier molecular flexibility index (Phi) is 2.32. The fourth-order valence-electron chi connectivity index (χ4n) is 1.15. The van der Waals surface area contributed by atoms with E-state index in [1.807, 2.05) is 5.32 Å². The Balaban J connectivity index is 3.10. The van der Waals surface area contributed by atoms with Crippen LogP contribution in [0, 0.1) is 5.89 Å². The summed E-state index contributed by atoms with van der Waals surface area (Å²) >= 11 is 11.7. The summed E-state index contributed by atoms with van der Waals surface area (Å²) in [5.74, 6) is -3.47. The predicted molar refractivity (Wildman–Crippen MR) is 73.5 cm³/mol. The lowest BCUT2D eigenvalue weighted by Crippen LogP contribution is -2.25. The van der Waals surface area contributed by atoms with E-state index >= 15 is 0 Å². The normalized spacial score (nSPS) is 23.8. The Morgan fingerprint density at radius 2 is 2.12 bits per heavy atom. The molecule has 0 spiro atoms. The van der Waals surface area contributed by atoms with E-state index in [0.717, 1.165) is 0 Å². The van der Waals surface area contributed by atoms with Crippen LogP contribution in [0.3, 0.4) is 0 Å². The summed E-state index contributed by atoms with van der Waals surface area (Å²) in [5.41, 5.74) is 5.81. The van der Waals surface area contributed by atoms with Crippen molar-refractivity contribution < 1.29 is 17.4 Å². The minimum absolute atomic E-state index is 0.0504. The molecule has 0 aliphatic rings. The van der Waals surface area contributed by atoms with Crippen LogP contribution in [0.5, 0.6) is 0 Å². The maximum atomic E-state index is 10.2. The Hall–Kier alpha value is -0.480. The quantitative estimate of drug-likeness (QED) is 0.729. The zero-order valence-electron chi connectivity index (χ0n) is 17.7. The molecule has 0 radical (unpaired) electrons. The van der Waals surface area contributed by atoms with Crippen LogP contribution in [0.1, 0.15) is 37.7 Å². The number of hydrogen-bond donors (Lipinski definition) is 3. The van der Waals surface area contributed by atoms with Gasteiger partial charge in [-0.3, -0.25) is 0 Å². The highest BCUT2D eigenvalue weighted by atomic mass is 35.5. The van der Waals surface area contributed by atoms with Crippen molar-refractivity contribution in [1.29, 1.82) is 0 Å². The van der Waals surface area contributed by atoms with Crippen molar-refractivity contribution in [2.75, 3.05) is 18.8 Å². The van der Waals surface area contributed by atoms with Crippen molar-refractivity contribution >= 4 is 28.9 Å². The summed E-state index contributed by atoms with van der Waals surface area (Å²) in [6.45, 7) is -10.7. The maximum Gasteiger partial charge on any atom is 0.0915 e. The molecule has 17 heavy (non-hydrogen) atoms. The maximum absolute atomic E-state index is 10.2. The first-order valence-corrected chi connectivity index (χ1v) is 5.39. The zero-order chi connectivity index (χ0) is 20.7. The largest absolute Gasteiger partial charge is 0.396 e. The standard InChI is InChI=1S/C12H18Cl2N2O/c1-7(2)5-16-6-11(17)8-3-9(13)12(15)10(14)4-8/h3-4,7,11,16-17H,5-6,15H2,1-2H3/i1D3,2D3,5D2,7D. The van der Waals surface area contributed by atoms with E-state index in [4.69, 9.17) is 41.3 Å². The molecule has 96 valence electrons. The van der Waals surface area contributed by atoms with Gasteiger partial charge in [0.05, 0.1) is 21.8 Å². The molecule has 0 aliphatic carbocycles. The molecule has 1 unspecified atom stereocenters. The van der Waals surface area contributed by atoms with Crippen molar-refractivity contribution in [3.05, 3.63) is 27.7 Å². The van der Waals surface area contributed by atoms with E-state index in [1.54, 1.807) is 0 Å². The third-order valence-electron chi connectivity index (χ3n) is 1.99. The van der Waals surface area contributed by atoms with E-state index in [1.165, 1.54) is 12.1 Å². The van der Waals surface area contributed by atoms with Crippen molar-refractivity contribution in [1.82, 2.24) is 5.32 Å². The van der Waals surface area contributed by atoms with Crippen LogP contribution >= 0.6 is 23.2 Å². The first-order valence-electron chi connectivity index (χ1n) is 9.13. The predicted octanol–water partition coefficient (Wildman–Crippen LogP) is 2.85. The van der Waals surface area contributed by atoms with Crippen LogP contribution in [-0.2, 0) is 0 Å². The molecule has 1 rings (SSSR count). The van der Waals surface area contributed by atoms with E-state index in [-0.39, 0.29) is 21.3 Å². The van der Waals surface area contributed by atoms with Gasteiger partial charge in [-0.1, -0.05) is 36.9 Å². The van der Waals surface area contributed by atoms with Crippen LogP contribution in [0.4, 0.5) is 5.69 Å². The van der Waals surface area contributed by atoms with Gasteiger partial charge in [0.1, 0.15) is 0 Å². The molecule has 0 heterocycles. The van der Waals surface area contributed by atoms with Gasteiger partial charge < -0.3 is 16.2 Å². The fraction of sp³-hybridized carbons (Fsp3) is 0.500. The first-order chi connectivity index (χ1) is 11.5. The molecule has 0 aromatic heterocycles. The Morgan fingerprint density at radius 3 is 2.65 bits per heavy atom. The van der Waals surface area contributed by atoms with E-state index in [2.05, 4.69) is 0 Å². The molecule has 0 bridgehead atoms. The van der Waals surface area contributed by atoms with E-state index in [0.29, 0.717) is 0 Å². The number of benzene rings is 1. The third-order valence-corrected chi connectivity index (χ3v) is 2.62.